The molecule has 2 aromatic carbocycles. The summed E-state index contributed by atoms with van der Waals surface area (Å²) < 4.78 is 42.5. The number of ether oxygens (including phenoxy) is 1. The second-order valence-electron chi connectivity index (χ2n) is 4.38. The van der Waals surface area contributed by atoms with Gasteiger partial charge in [0.15, 0.2) is 9.84 Å². The summed E-state index contributed by atoms with van der Waals surface area (Å²) in [5.41, 5.74) is 0.787. The Balaban J connectivity index is 2.25. The molecular formula is C15H13FO4S. The zero-order chi connectivity index (χ0) is 15.5. The van der Waals surface area contributed by atoms with Crippen LogP contribution in [-0.2, 0) is 20.3 Å². The average Bonchev–Trinajstić information content (AvgIpc) is 2.47. The molecule has 21 heavy (non-hydrogen) atoms. The molecule has 0 heterocycles. The number of halogens is 1. The number of carbonyl (C=O) groups is 1. The molecule has 4 nitrogen and oxygen atoms in total. The summed E-state index contributed by atoms with van der Waals surface area (Å²) in [6.07, 6.45) is 0. The Morgan fingerprint density at radius 1 is 1.10 bits per heavy atom. The summed E-state index contributed by atoms with van der Waals surface area (Å²) in [6, 6.07) is 11.2. The predicted molar refractivity (Wildman–Crippen MR) is 75.1 cm³/mol. The molecule has 2 rings (SSSR count). The van der Waals surface area contributed by atoms with E-state index in [0.29, 0.717) is 11.1 Å². The first-order chi connectivity index (χ1) is 9.94. The summed E-state index contributed by atoms with van der Waals surface area (Å²) in [7, 11) is -2.51. The summed E-state index contributed by atoms with van der Waals surface area (Å²) in [5.74, 6) is -1.61. The van der Waals surface area contributed by atoms with Gasteiger partial charge in [0.1, 0.15) is 10.7 Å². The van der Waals surface area contributed by atoms with E-state index in [1.54, 1.807) is 0 Å². The highest BCUT2D eigenvalue weighted by Gasteiger charge is 2.19. The van der Waals surface area contributed by atoms with Crippen molar-refractivity contribution in [2.75, 3.05) is 7.11 Å². The van der Waals surface area contributed by atoms with Crippen LogP contribution in [0.3, 0.4) is 0 Å². The molecule has 0 saturated heterocycles. The van der Waals surface area contributed by atoms with Gasteiger partial charge in [-0.3, -0.25) is 0 Å². The smallest absolute Gasteiger partial charge is 0.337 e. The second kappa shape index (κ2) is 6.05. The zero-order valence-corrected chi connectivity index (χ0v) is 12.1. The summed E-state index contributed by atoms with van der Waals surface area (Å²) >= 11 is 0. The van der Waals surface area contributed by atoms with Crippen molar-refractivity contribution in [3.8, 4) is 0 Å². The molecule has 0 unspecified atom stereocenters. The molecule has 0 bridgehead atoms. The molecule has 0 aliphatic carbocycles. The van der Waals surface area contributed by atoms with Crippen molar-refractivity contribution in [2.45, 2.75) is 10.6 Å². The topological polar surface area (TPSA) is 60.4 Å². The Morgan fingerprint density at radius 2 is 1.71 bits per heavy atom. The molecule has 0 radical (unpaired) electrons. The van der Waals surface area contributed by atoms with Gasteiger partial charge < -0.3 is 4.74 Å². The highest BCUT2D eigenvalue weighted by Crippen LogP contribution is 2.19. The molecule has 0 spiro atoms. The van der Waals surface area contributed by atoms with E-state index in [2.05, 4.69) is 4.74 Å². The van der Waals surface area contributed by atoms with Crippen LogP contribution in [0.4, 0.5) is 4.39 Å². The highest BCUT2D eigenvalue weighted by atomic mass is 32.2. The van der Waals surface area contributed by atoms with Crippen molar-refractivity contribution >= 4 is 15.8 Å². The SMILES string of the molecule is COC(=O)c1ccc(CS(=O)(=O)c2ccccc2F)cc1. The van der Waals surface area contributed by atoms with E-state index in [9.17, 15) is 17.6 Å². The number of benzene rings is 2. The molecule has 2 aromatic rings. The monoisotopic (exact) mass is 308 g/mol. The second-order valence-corrected chi connectivity index (χ2v) is 6.34. The molecular weight excluding hydrogens is 295 g/mol. The number of methoxy groups -OCH3 is 1. The maximum absolute atomic E-state index is 13.6. The lowest BCUT2D eigenvalue weighted by molar-refractivity contribution is 0.0600. The number of sulfone groups is 1. The molecule has 0 fully saturated rings. The van der Waals surface area contributed by atoms with E-state index in [1.165, 1.54) is 49.6 Å². The highest BCUT2D eigenvalue weighted by molar-refractivity contribution is 7.90. The molecule has 0 saturated carbocycles. The Labute approximate surface area is 122 Å². The van der Waals surface area contributed by atoms with E-state index < -0.39 is 21.6 Å². The lowest BCUT2D eigenvalue weighted by Gasteiger charge is -2.06. The summed E-state index contributed by atoms with van der Waals surface area (Å²) in [6.45, 7) is 0. The van der Waals surface area contributed by atoms with E-state index in [-0.39, 0.29) is 10.6 Å². The maximum atomic E-state index is 13.6. The van der Waals surface area contributed by atoms with Crippen molar-refractivity contribution < 1.29 is 22.3 Å². The first-order valence-corrected chi connectivity index (χ1v) is 7.74. The normalized spacial score (nSPS) is 11.1. The Kier molecular flexibility index (Phi) is 4.37. The standard InChI is InChI=1S/C15H13FO4S/c1-20-15(17)12-8-6-11(7-9-12)10-21(18,19)14-5-3-2-4-13(14)16/h2-9H,10H2,1H3. The number of esters is 1. The van der Waals surface area contributed by atoms with Crippen LogP contribution in [0.2, 0.25) is 0 Å². The minimum Gasteiger partial charge on any atom is -0.465 e. The van der Waals surface area contributed by atoms with Gasteiger partial charge in [-0.2, -0.15) is 0 Å². The minimum atomic E-state index is -3.77. The first-order valence-electron chi connectivity index (χ1n) is 6.08. The molecule has 0 aliphatic rings. The summed E-state index contributed by atoms with van der Waals surface area (Å²) in [5, 5.41) is 0. The van der Waals surface area contributed by atoms with Gasteiger partial charge in [-0.15, -0.1) is 0 Å². The maximum Gasteiger partial charge on any atom is 0.337 e. The van der Waals surface area contributed by atoms with Crippen molar-refractivity contribution in [3.05, 3.63) is 65.5 Å². The third-order valence-electron chi connectivity index (χ3n) is 2.90. The third kappa shape index (κ3) is 3.46. The van der Waals surface area contributed by atoms with Crippen LogP contribution >= 0.6 is 0 Å². The van der Waals surface area contributed by atoms with Gasteiger partial charge >= 0.3 is 5.97 Å². The quantitative estimate of drug-likeness (QED) is 0.815. The summed E-state index contributed by atoms with van der Waals surface area (Å²) in [4.78, 5) is 11.0. The van der Waals surface area contributed by atoms with Gasteiger partial charge in [0, 0.05) is 0 Å². The number of hydrogen-bond donors (Lipinski definition) is 0. The number of carbonyl (C=O) groups excluding carboxylic acids is 1. The van der Waals surface area contributed by atoms with E-state index in [4.69, 9.17) is 0 Å². The van der Waals surface area contributed by atoms with Crippen LogP contribution in [-0.4, -0.2) is 21.5 Å². The third-order valence-corrected chi connectivity index (χ3v) is 4.62. The van der Waals surface area contributed by atoms with Crippen LogP contribution in [0.1, 0.15) is 15.9 Å². The Hall–Kier alpha value is -2.21. The lowest BCUT2D eigenvalue weighted by Crippen LogP contribution is -2.07. The number of hydrogen-bond acceptors (Lipinski definition) is 4. The van der Waals surface area contributed by atoms with Crippen LogP contribution in [0.5, 0.6) is 0 Å². The molecule has 0 aromatic heterocycles. The molecule has 0 atom stereocenters. The van der Waals surface area contributed by atoms with Crippen molar-refractivity contribution in [1.82, 2.24) is 0 Å². The van der Waals surface area contributed by atoms with E-state index in [1.807, 2.05) is 0 Å². The lowest BCUT2D eigenvalue weighted by atomic mass is 10.1. The van der Waals surface area contributed by atoms with Crippen LogP contribution in [0.25, 0.3) is 0 Å². The molecule has 110 valence electrons. The fourth-order valence-electron chi connectivity index (χ4n) is 1.85. The van der Waals surface area contributed by atoms with Gasteiger partial charge in [-0.25, -0.2) is 17.6 Å². The molecule has 0 aliphatic heterocycles. The van der Waals surface area contributed by atoms with E-state index >= 15 is 0 Å². The van der Waals surface area contributed by atoms with E-state index in [0.717, 1.165) is 6.07 Å². The van der Waals surface area contributed by atoms with Gasteiger partial charge in [0.25, 0.3) is 0 Å². The van der Waals surface area contributed by atoms with Gasteiger partial charge in [0.05, 0.1) is 18.4 Å². The fourth-order valence-corrected chi connectivity index (χ4v) is 3.29. The van der Waals surface area contributed by atoms with Gasteiger partial charge in [-0.1, -0.05) is 24.3 Å². The first kappa shape index (κ1) is 15.2. The molecule has 0 N–H and O–H groups in total. The Bertz CT molecular complexity index is 751. The predicted octanol–water partition coefficient (Wildman–Crippen LogP) is 2.59. The number of rotatable bonds is 4. The van der Waals surface area contributed by atoms with Crippen molar-refractivity contribution in [1.29, 1.82) is 0 Å². The molecule has 6 heteroatoms. The molecule has 0 amide bonds. The largest absolute Gasteiger partial charge is 0.465 e. The van der Waals surface area contributed by atoms with Gasteiger partial charge in [0.2, 0.25) is 0 Å². The van der Waals surface area contributed by atoms with Crippen LogP contribution < -0.4 is 0 Å². The van der Waals surface area contributed by atoms with Gasteiger partial charge in [-0.05, 0) is 29.8 Å². The van der Waals surface area contributed by atoms with Crippen molar-refractivity contribution in [3.63, 3.8) is 0 Å². The minimum absolute atomic E-state index is 0.324. The average molecular weight is 308 g/mol. The van der Waals surface area contributed by atoms with Crippen LogP contribution in [0.15, 0.2) is 53.4 Å². The van der Waals surface area contributed by atoms with Crippen molar-refractivity contribution in [2.24, 2.45) is 0 Å². The fraction of sp³-hybridized carbons (Fsp3) is 0.133. The zero-order valence-electron chi connectivity index (χ0n) is 11.2. The van der Waals surface area contributed by atoms with Crippen LogP contribution in [0, 0.1) is 5.82 Å². The Morgan fingerprint density at radius 3 is 2.29 bits per heavy atom.